The zero-order chi connectivity index (χ0) is 25.7. The van der Waals surface area contributed by atoms with Crippen molar-refractivity contribution in [1.82, 2.24) is 4.98 Å². The number of carbonyl (C=O) groups is 3. The van der Waals surface area contributed by atoms with E-state index >= 15 is 0 Å². The van der Waals surface area contributed by atoms with Crippen molar-refractivity contribution in [3.8, 4) is 0 Å². The van der Waals surface area contributed by atoms with Crippen molar-refractivity contribution in [3.05, 3.63) is 42.2 Å². The number of benzene rings is 1. The molecule has 0 spiro atoms. The summed E-state index contributed by atoms with van der Waals surface area (Å²) in [5, 5.41) is 6.13. The van der Waals surface area contributed by atoms with E-state index in [1.54, 1.807) is 6.20 Å². The van der Waals surface area contributed by atoms with E-state index < -0.39 is 29.9 Å². The number of oxime groups is 1. The number of ketones is 2. The van der Waals surface area contributed by atoms with E-state index in [2.05, 4.69) is 10.1 Å². The molecule has 7 nitrogen and oxygen atoms in total. The second-order valence-corrected chi connectivity index (χ2v) is 10.1. The third-order valence-electron chi connectivity index (χ3n) is 7.38. The van der Waals surface area contributed by atoms with Gasteiger partial charge in [0.2, 0.25) is 5.60 Å². The monoisotopic (exact) mass is 496 g/mol. The van der Waals surface area contributed by atoms with Crippen molar-refractivity contribution in [2.45, 2.75) is 76.9 Å². The van der Waals surface area contributed by atoms with Gasteiger partial charge in [-0.25, -0.2) is 4.39 Å². The Hall–Kier alpha value is -3.16. The SMILES string of the molecule is CC(C)[C@@]1(C(=O)C[C@@H](CC(=O)OC2CCCCC2)C(=O)CF)CC(c2nccc3ccccc23)=NO1. The number of ether oxygens (including phenoxy) is 1. The van der Waals surface area contributed by atoms with Crippen molar-refractivity contribution in [2.24, 2.45) is 17.0 Å². The first-order valence-electron chi connectivity index (χ1n) is 12.7. The lowest BCUT2D eigenvalue weighted by Crippen LogP contribution is -2.45. The Morgan fingerprint density at radius 1 is 1.11 bits per heavy atom. The number of hydrogen-bond donors (Lipinski definition) is 0. The van der Waals surface area contributed by atoms with Gasteiger partial charge in [-0.05, 0) is 37.1 Å². The third-order valence-corrected chi connectivity index (χ3v) is 7.38. The molecule has 4 rings (SSSR count). The fourth-order valence-corrected chi connectivity index (χ4v) is 5.13. The van der Waals surface area contributed by atoms with Gasteiger partial charge in [0.25, 0.3) is 0 Å². The zero-order valence-electron chi connectivity index (χ0n) is 20.9. The molecule has 0 bridgehead atoms. The molecule has 0 amide bonds. The molecule has 0 N–H and O–H groups in total. The Kier molecular flexibility index (Phi) is 8.11. The summed E-state index contributed by atoms with van der Waals surface area (Å²) in [6, 6.07) is 9.64. The predicted molar refractivity (Wildman–Crippen MR) is 133 cm³/mol. The number of carbonyl (C=O) groups excluding carboxylic acids is 3. The van der Waals surface area contributed by atoms with Crippen molar-refractivity contribution < 1.29 is 28.3 Å². The van der Waals surface area contributed by atoms with Crippen LogP contribution in [0.25, 0.3) is 10.8 Å². The molecule has 1 aromatic carbocycles. The van der Waals surface area contributed by atoms with Gasteiger partial charge in [0.15, 0.2) is 11.6 Å². The number of aromatic nitrogens is 1. The standard InChI is InChI=1S/C28H33FN2O5/c1-18(2)28(16-23(31-36-28)27-22-11-7-6-8-19(22)12-13-30-27)25(33)14-20(24(32)17-29)15-26(34)35-21-9-4-3-5-10-21/h6-8,11-13,18,20-21H,3-5,9-10,14-17H2,1-2H3/t20-,28+/m0/s1. The normalized spacial score (nSPS) is 21.2. The average Bonchev–Trinajstić information content (AvgIpc) is 3.35. The molecule has 1 aliphatic carbocycles. The van der Waals surface area contributed by atoms with Gasteiger partial charge in [-0.15, -0.1) is 0 Å². The summed E-state index contributed by atoms with van der Waals surface area (Å²) >= 11 is 0. The highest BCUT2D eigenvalue weighted by atomic mass is 19.1. The summed E-state index contributed by atoms with van der Waals surface area (Å²) in [7, 11) is 0. The van der Waals surface area contributed by atoms with Crippen LogP contribution in [0.15, 0.2) is 41.7 Å². The number of alkyl halides is 1. The smallest absolute Gasteiger partial charge is 0.306 e. The largest absolute Gasteiger partial charge is 0.462 e. The maximum atomic E-state index is 13.6. The summed E-state index contributed by atoms with van der Waals surface area (Å²) in [5.41, 5.74) is -0.148. The molecule has 0 radical (unpaired) electrons. The van der Waals surface area contributed by atoms with E-state index in [0.29, 0.717) is 11.4 Å². The van der Waals surface area contributed by atoms with Gasteiger partial charge >= 0.3 is 5.97 Å². The van der Waals surface area contributed by atoms with Gasteiger partial charge in [-0.1, -0.05) is 49.7 Å². The van der Waals surface area contributed by atoms with E-state index in [9.17, 15) is 18.8 Å². The number of rotatable bonds is 10. The van der Waals surface area contributed by atoms with Crippen LogP contribution in [-0.4, -0.2) is 46.6 Å². The highest BCUT2D eigenvalue weighted by Crippen LogP contribution is 2.37. The summed E-state index contributed by atoms with van der Waals surface area (Å²) in [6.45, 7) is 2.44. The average molecular weight is 497 g/mol. The number of esters is 1. The van der Waals surface area contributed by atoms with Crippen LogP contribution in [0, 0.1) is 11.8 Å². The maximum Gasteiger partial charge on any atom is 0.306 e. The minimum absolute atomic E-state index is 0.174. The molecule has 0 saturated heterocycles. The summed E-state index contributed by atoms with van der Waals surface area (Å²) in [6.07, 6.45) is 5.73. The second kappa shape index (κ2) is 11.3. The Morgan fingerprint density at radius 3 is 2.58 bits per heavy atom. The molecule has 8 heteroatoms. The Bertz CT molecular complexity index is 1150. The number of hydrogen-bond acceptors (Lipinski definition) is 7. The second-order valence-electron chi connectivity index (χ2n) is 10.1. The summed E-state index contributed by atoms with van der Waals surface area (Å²) in [4.78, 5) is 48.8. The van der Waals surface area contributed by atoms with Crippen LogP contribution in [-0.2, 0) is 24.0 Å². The van der Waals surface area contributed by atoms with Crippen molar-refractivity contribution in [3.63, 3.8) is 0 Å². The molecular formula is C28H33FN2O5. The summed E-state index contributed by atoms with van der Waals surface area (Å²) in [5.74, 6) is -3.11. The first kappa shape index (κ1) is 25.9. The highest BCUT2D eigenvalue weighted by Gasteiger charge is 2.50. The van der Waals surface area contributed by atoms with Crippen LogP contribution >= 0.6 is 0 Å². The molecule has 2 aliphatic rings. The number of halogens is 1. The third kappa shape index (κ3) is 5.47. The van der Waals surface area contributed by atoms with Crippen LogP contribution in [0.4, 0.5) is 4.39 Å². The molecule has 0 unspecified atom stereocenters. The van der Waals surface area contributed by atoms with Crippen LogP contribution < -0.4 is 0 Å². The molecule has 192 valence electrons. The number of Topliss-reactive ketones (excluding diaryl/α,β-unsaturated/α-hetero) is 2. The van der Waals surface area contributed by atoms with E-state index in [1.165, 1.54) is 0 Å². The molecule has 36 heavy (non-hydrogen) atoms. The lowest BCUT2D eigenvalue weighted by molar-refractivity contribution is -0.155. The highest BCUT2D eigenvalue weighted by molar-refractivity contribution is 6.12. The molecule has 1 aliphatic heterocycles. The number of fused-ring (bicyclic) bond motifs is 1. The van der Waals surface area contributed by atoms with Gasteiger partial charge in [-0.2, -0.15) is 0 Å². The van der Waals surface area contributed by atoms with E-state index in [0.717, 1.165) is 42.9 Å². The predicted octanol–water partition coefficient (Wildman–Crippen LogP) is 5.13. The minimum Gasteiger partial charge on any atom is -0.462 e. The molecule has 1 saturated carbocycles. The van der Waals surface area contributed by atoms with Gasteiger partial charge in [0.05, 0.1) is 12.1 Å². The van der Waals surface area contributed by atoms with E-state index in [1.807, 2.05) is 44.2 Å². The van der Waals surface area contributed by atoms with Crippen LogP contribution in [0.1, 0.15) is 70.9 Å². The fourth-order valence-electron chi connectivity index (χ4n) is 5.13. The quantitative estimate of drug-likeness (QED) is 0.423. The lowest BCUT2D eigenvalue weighted by atomic mass is 9.77. The molecule has 1 aromatic heterocycles. The first-order valence-corrected chi connectivity index (χ1v) is 12.7. The van der Waals surface area contributed by atoms with Crippen LogP contribution in [0.5, 0.6) is 0 Å². The van der Waals surface area contributed by atoms with Crippen molar-refractivity contribution in [2.75, 3.05) is 6.67 Å². The van der Waals surface area contributed by atoms with Gasteiger partial charge < -0.3 is 9.57 Å². The fraction of sp³-hybridized carbons (Fsp3) is 0.536. The van der Waals surface area contributed by atoms with Gasteiger partial charge in [0.1, 0.15) is 18.5 Å². The van der Waals surface area contributed by atoms with Crippen molar-refractivity contribution >= 4 is 34.0 Å². The minimum atomic E-state index is -1.32. The first-order chi connectivity index (χ1) is 17.3. The number of nitrogens with zero attached hydrogens (tertiary/aromatic N) is 2. The van der Waals surface area contributed by atoms with Crippen LogP contribution in [0.2, 0.25) is 0 Å². The number of pyridine rings is 1. The molecule has 2 heterocycles. The Labute approximate surface area is 210 Å². The van der Waals surface area contributed by atoms with Gasteiger partial charge in [-0.3, -0.25) is 19.4 Å². The summed E-state index contributed by atoms with van der Waals surface area (Å²) < 4.78 is 18.9. The molecular weight excluding hydrogens is 463 g/mol. The topological polar surface area (TPSA) is 94.9 Å². The van der Waals surface area contributed by atoms with Gasteiger partial charge in [0, 0.05) is 36.3 Å². The Balaban J connectivity index is 1.49. The molecule has 2 aromatic rings. The lowest BCUT2D eigenvalue weighted by Gasteiger charge is -2.30. The van der Waals surface area contributed by atoms with E-state index in [-0.39, 0.29) is 37.1 Å². The molecule has 2 atom stereocenters. The van der Waals surface area contributed by atoms with Crippen molar-refractivity contribution in [1.29, 1.82) is 0 Å². The van der Waals surface area contributed by atoms with Crippen LogP contribution in [0.3, 0.4) is 0 Å². The van der Waals surface area contributed by atoms with E-state index in [4.69, 9.17) is 9.57 Å². The zero-order valence-corrected chi connectivity index (χ0v) is 20.9. The maximum absolute atomic E-state index is 13.6. The molecule has 1 fully saturated rings. The Morgan fingerprint density at radius 2 is 1.86 bits per heavy atom.